The van der Waals surface area contributed by atoms with E-state index < -0.39 is 0 Å². The number of rotatable bonds is 12. The maximum atomic E-state index is 7.66. The van der Waals surface area contributed by atoms with E-state index in [0.717, 1.165) is 44.6 Å². The Bertz CT molecular complexity index is 514. The minimum atomic E-state index is 0.0636. The molecule has 0 saturated carbocycles. The van der Waals surface area contributed by atoms with Gasteiger partial charge < -0.3 is 10.6 Å². The molecule has 25 heavy (non-hydrogen) atoms. The first kappa shape index (κ1) is 21.2. The zero-order chi connectivity index (χ0) is 18.7. The summed E-state index contributed by atoms with van der Waals surface area (Å²) < 4.78 is 0. The Morgan fingerprint density at radius 3 is 2.44 bits per heavy atom. The molecule has 140 valence electrons. The molecular formula is C20H35N5. The lowest BCUT2D eigenvalue weighted by Crippen LogP contribution is -2.35. The van der Waals surface area contributed by atoms with Crippen LogP contribution >= 0.6 is 0 Å². The number of hydrogen-bond donors (Lipinski definition) is 2. The molecule has 1 aromatic rings. The summed E-state index contributed by atoms with van der Waals surface area (Å²) in [4.78, 5) is 8.31. The van der Waals surface area contributed by atoms with Crippen LogP contribution in [0.25, 0.3) is 0 Å². The normalized spacial score (nSPS) is 12.2. The third kappa shape index (κ3) is 7.69. The predicted octanol–water partition coefficient (Wildman–Crippen LogP) is 3.83. The molecule has 3 N–H and O–H groups in total. The third-order valence-electron chi connectivity index (χ3n) is 4.66. The van der Waals surface area contributed by atoms with E-state index in [1.807, 2.05) is 19.4 Å². The number of unbranched alkanes of at least 4 members (excludes halogenated alkanes) is 1. The quantitative estimate of drug-likeness (QED) is 0.446. The van der Waals surface area contributed by atoms with E-state index in [2.05, 4.69) is 42.4 Å². The SMILES string of the molecule is C=C(C(CCCC)CCN(CCC)Cc1ccncc1)N(C)C(=N)N. The summed E-state index contributed by atoms with van der Waals surface area (Å²) in [6, 6.07) is 4.17. The summed E-state index contributed by atoms with van der Waals surface area (Å²) in [6.45, 7) is 11.7. The van der Waals surface area contributed by atoms with E-state index in [-0.39, 0.29) is 5.96 Å². The average molecular weight is 346 g/mol. The van der Waals surface area contributed by atoms with Crippen LogP contribution in [-0.4, -0.2) is 40.9 Å². The summed E-state index contributed by atoms with van der Waals surface area (Å²) in [5.74, 6) is 0.430. The van der Waals surface area contributed by atoms with Crippen molar-refractivity contribution in [2.24, 2.45) is 11.7 Å². The summed E-state index contributed by atoms with van der Waals surface area (Å²) in [6.07, 6.45) is 9.33. The zero-order valence-corrected chi connectivity index (χ0v) is 16.2. The Balaban J connectivity index is 2.69. The van der Waals surface area contributed by atoms with Gasteiger partial charge in [0.15, 0.2) is 5.96 Å². The van der Waals surface area contributed by atoms with Gasteiger partial charge in [0.1, 0.15) is 0 Å². The highest BCUT2D eigenvalue weighted by atomic mass is 15.2. The minimum absolute atomic E-state index is 0.0636. The molecule has 0 fully saturated rings. The van der Waals surface area contributed by atoms with Crippen LogP contribution < -0.4 is 5.73 Å². The van der Waals surface area contributed by atoms with Crippen molar-refractivity contribution in [2.75, 3.05) is 20.1 Å². The van der Waals surface area contributed by atoms with Gasteiger partial charge in [-0.2, -0.15) is 0 Å². The number of nitrogens with two attached hydrogens (primary N) is 1. The first-order valence-corrected chi connectivity index (χ1v) is 9.37. The van der Waals surface area contributed by atoms with Crippen LogP contribution in [0, 0.1) is 11.3 Å². The van der Waals surface area contributed by atoms with Crippen LogP contribution in [0.3, 0.4) is 0 Å². The second-order valence-electron chi connectivity index (χ2n) is 6.70. The highest BCUT2D eigenvalue weighted by Gasteiger charge is 2.18. The Hall–Kier alpha value is -1.88. The van der Waals surface area contributed by atoms with E-state index in [9.17, 15) is 0 Å². The molecule has 5 heteroatoms. The van der Waals surface area contributed by atoms with Gasteiger partial charge in [0.25, 0.3) is 0 Å². The van der Waals surface area contributed by atoms with Crippen molar-refractivity contribution in [3.05, 3.63) is 42.4 Å². The lowest BCUT2D eigenvalue weighted by atomic mass is 9.94. The van der Waals surface area contributed by atoms with Crippen molar-refractivity contribution in [1.29, 1.82) is 5.41 Å². The van der Waals surface area contributed by atoms with Crippen LogP contribution in [0.5, 0.6) is 0 Å². The van der Waals surface area contributed by atoms with E-state index in [0.29, 0.717) is 5.92 Å². The third-order valence-corrected chi connectivity index (χ3v) is 4.66. The zero-order valence-electron chi connectivity index (χ0n) is 16.2. The van der Waals surface area contributed by atoms with Crippen LogP contribution in [-0.2, 0) is 6.54 Å². The van der Waals surface area contributed by atoms with Crippen molar-refractivity contribution < 1.29 is 0 Å². The highest BCUT2D eigenvalue weighted by Crippen LogP contribution is 2.23. The second-order valence-corrected chi connectivity index (χ2v) is 6.70. The van der Waals surface area contributed by atoms with Crippen LogP contribution in [0.4, 0.5) is 0 Å². The van der Waals surface area contributed by atoms with Gasteiger partial charge in [-0.3, -0.25) is 15.3 Å². The molecule has 1 aromatic heterocycles. The molecule has 0 radical (unpaired) electrons. The standard InChI is InChI=1S/C20H35N5/c1-5-7-8-19(17(3)24(4)20(21)22)11-15-25(14-6-2)16-18-9-12-23-13-10-18/h9-10,12-13,19H,3,5-8,11,14-16H2,1-2,4H3,(H3,21,22). The molecule has 0 aliphatic rings. The molecule has 0 amide bonds. The summed E-state index contributed by atoms with van der Waals surface area (Å²) in [7, 11) is 1.84. The van der Waals surface area contributed by atoms with Crippen LogP contribution in [0.15, 0.2) is 36.8 Å². The van der Waals surface area contributed by atoms with Crippen molar-refractivity contribution in [3.63, 3.8) is 0 Å². The molecule has 0 aliphatic carbocycles. The number of aromatic nitrogens is 1. The summed E-state index contributed by atoms with van der Waals surface area (Å²) in [5.41, 5.74) is 7.90. The first-order chi connectivity index (χ1) is 12.0. The van der Waals surface area contributed by atoms with Gasteiger partial charge in [0, 0.05) is 31.7 Å². The van der Waals surface area contributed by atoms with Gasteiger partial charge in [0.05, 0.1) is 0 Å². The number of pyridine rings is 1. The molecular weight excluding hydrogens is 310 g/mol. The lowest BCUT2D eigenvalue weighted by Gasteiger charge is -2.30. The summed E-state index contributed by atoms with van der Waals surface area (Å²) in [5, 5.41) is 7.66. The van der Waals surface area contributed by atoms with E-state index >= 15 is 0 Å². The number of hydrogen-bond acceptors (Lipinski definition) is 3. The highest BCUT2D eigenvalue weighted by molar-refractivity contribution is 5.76. The molecule has 0 spiro atoms. The predicted molar refractivity (Wildman–Crippen MR) is 106 cm³/mol. The molecule has 0 aliphatic heterocycles. The number of guanidine groups is 1. The molecule has 0 saturated heterocycles. The molecule has 1 rings (SSSR count). The topological polar surface area (TPSA) is 69.2 Å². The van der Waals surface area contributed by atoms with Gasteiger partial charge in [-0.25, -0.2) is 0 Å². The average Bonchev–Trinajstić information content (AvgIpc) is 2.61. The van der Waals surface area contributed by atoms with Gasteiger partial charge in [-0.05, 0) is 56.0 Å². The maximum Gasteiger partial charge on any atom is 0.192 e. The summed E-state index contributed by atoms with van der Waals surface area (Å²) >= 11 is 0. The minimum Gasteiger partial charge on any atom is -0.370 e. The fourth-order valence-corrected chi connectivity index (χ4v) is 3.03. The van der Waals surface area contributed by atoms with Crippen molar-refractivity contribution >= 4 is 5.96 Å². The molecule has 0 aromatic carbocycles. The Labute approximate surface area is 153 Å². The van der Waals surface area contributed by atoms with Crippen molar-refractivity contribution in [2.45, 2.75) is 52.5 Å². The maximum absolute atomic E-state index is 7.66. The number of nitrogens with zero attached hydrogens (tertiary/aromatic N) is 3. The Kier molecular flexibility index (Phi) is 9.85. The molecule has 1 heterocycles. The van der Waals surface area contributed by atoms with Crippen LogP contribution in [0.2, 0.25) is 0 Å². The van der Waals surface area contributed by atoms with Gasteiger partial charge in [-0.1, -0.05) is 33.3 Å². The fraction of sp³-hybridized carbons (Fsp3) is 0.600. The van der Waals surface area contributed by atoms with E-state index in [4.69, 9.17) is 11.1 Å². The molecule has 5 nitrogen and oxygen atoms in total. The van der Waals surface area contributed by atoms with Crippen molar-refractivity contribution in [3.8, 4) is 0 Å². The van der Waals surface area contributed by atoms with Crippen LogP contribution in [0.1, 0.15) is 51.5 Å². The molecule has 1 atom stereocenters. The van der Waals surface area contributed by atoms with E-state index in [1.54, 1.807) is 4.90 Å². The largest absolute Gasteiger partial charge is 0.370 e. The van der Waals surface area contributed by atoms with E-state index in [1.165, 1.54) is 18.4 Å². The molecule has 0 bridgehead atoms. The Morgan fingerprint density at radius 1 is 1.20 bits per heavy atom. The number of nitrogens with one attached hydrogen (secondary N) is 1. The number of allylic oxidation sites excluding steroid dienone is 1. The first-order valence-electron chi connectivity index (χ1n) is 9.37. The second kappa shape index (κ2) is 11.6. The van der Waals surface area contributed by atoms with Crippen molar-refractivity contribution in [1.82, 2.24) is 14.8 Å². The fourth-order valence-electron chi connectivity index (χ4n) is 3.03. The molecule has 1 unspecified atom stereocenters. The Morgan fingerprint density at radius 2 is 1.88 bits per heavy atom. The smallest absolute Gasteiger partial charge is 0.192 e. The monoisotopic (exact) mass is 345 g/mol. The lowest BCUT2D eigenvalue weighted by molar-refractivity contribution is 0.241. The van der Waals surface area contributed by atoms with Gasteiger partial charge >= 0.3 is 0 Å². The van der Waals surface area contributed by atoms with Gasteiger partial charge in [0.2, 0.25) is 0 Å². The van der Waals surface area contributed by atoms with Gasteiger partial charge in [-0.15, -0.1) is 0 Å².